The first-order valence-corrected chi connectivity index (χ1v) is 9.64. The Labute approximate surface area is 142 Å². The molecule has 0 bridgehead atoms. The van der Waals surface area contributed by atoms with E-state index in [0.717, 1.165) is 0 Å². The van der Waals surface area contributed by atoms with Gasteiger partial charge in [-0.1, -0.05) is 0 Å². The van der Waals surface area contributed by atoms with Crippen molar-refractivity contribution in [2.24, 2.45) is 0 Å². The Hall–Kier alpha value is -1.35. The van der Waals surface area contributed by atoms with E-state index >= 15 is 0 Å². The minimum absolute atomic E-state index is 0.157. The normalized spacial score (nSPS) is 23.9. The molecule has 0 saturated carbocycles. The monoisotopic (exact) mass is 356 g/mol. The molecule has 0 aliphatic carbocycles. The zero-order chi connectivity index (χ0) is 17.3. The SMILES string of the molecule is C[C@@H]1CN(C[C@@H](C)O)CCN1S(=O)(=O)c1ccc2c(c1)OCCO2. The van der Waals surface area contributed by atoms with Crippen molar-refractivity contribution >= 4 is 10.0 Å². The zero-order valence-corrected chi connectivity index (χ0v) is 14.8. The molecule has 0 amide bonds. The lowest BCUT2D eigenvalue weighted by Gasteiger charge is -2.39. The second-order valence-corrected chi connectivity index (χ2v) is 8.27. The molecular weight excluding hydrogens is 332 g/mol. The largest absolute Gasteiger partial charge is 0.486 e. The van der Waals surface area contributed by atoms with Crippen molar-refractivity contribution in [3.05, 3.63) is 18.2 Å². The maximum Gasteiger partial charge on any atom is 0.243 e. The summed E-state index contributed by atoms with van der Waals surface area (Å²) in [5.41, 5.74) is 0. The second-order valence-electron chi connectivity index (χ2n) is 6.38. The fourth-order valence-corrected chi connectivity index (χ4v) is 4.86. The topological polar surface area (TPSA) is 79.3 Å². The van der Waals surface area contributed by atoms with Crippen LogP contribution in [0.25, 0.3) is 0 Å². The molecule has 1 saturated heterocycles. The van der Waals surface area contributed by atoms with Crippen molar-refractivity contribution in [3.8, 4) is 11.5 Å². The highest BCUT2D eigenvalue weighted by Gasteiger charge is 2.34. The first-order valence-electron chi connectivity index (χ1n) is 8.20. The average molecular weight is 356 g/mol. The van der Waals surface area contributed by atoms with Gasteiger partial charge in [0.1, 0.15) is 13.2 Å². The number of hydrogen-bond donors (Lipinski definition) is 1. The Morgan fingerprint density at radius 3 is 2.62 bits per heavy atom. The van der Waals surface area contributed by atoms with Gasteiger partial charge in [-0.15, -0.1) is 0 Å². The van der Waals surface area contributed by atoms with Crippen LogP contribution >= 0.6 is 0 Å². The van der Waals surface area contributed by atoms with Crippen LogP contribution in [0.2, 0.25) is 0 Å². The summed E-state index contributed by atoms with van der Waals surface area (Å²) in [6.07, 6.45) is -0.418. The Morgan fingerprint density at radius 2 is 1.96 bits per heavy atom. The summed E-state index contributed by atoms with van der Waals surface area (Å²) in [6, 6.07) is 4.60. The maximum atomic E-state index is 13.0. The lowest BCUT2D eigenvalue weighted by molar-refractivity contribution is 0.0840. The maximum absolute atomic E-state index is 13.0. The number of benzene rings is 1. The van der Waals surface area contributed by atoms with Gasteiger partial charge in [0.15, 0.2) is 11.5 Å². The molecule has 2 atom stereocenters. The lowest BCUT2D eigenvalue weighted by atomic mass is 10.2. The molecule has 2 heterocycles. The van der Waals surface area contributed by atoms with Gasteiger partial charge in [-0.3, -0.25) is 4.90 Å². The smallest absolute Gasteiger partial charge is 0.243 e. The van der Waals surface area contributed by atoms with E-state index in [-0.39, 0.29) is 10.9 Å². The summed E-state index contributed by atoms with van der Waals surface area (Å²) in [5.74, 6) is 1.05. The highest BCUT2D eigenvalue weighted by atomic mass is 32.2. The number of fused-ring (bicyclic) bond motifs is 1. The van der Waals surface area contributed by atoms with Crippen LogP contribution in [0.15, 0.2) is 23.1 Å². The van der Waals surface area contributed by atoms with Gasteiger partial charge in [-0.25, -0.2) is 8.42 Å². The highest BCUT2D eigenvalue weighted by molar-refractivity contribution is 7.89. The third-order valence-corrected chi connectivity index (χ3v) is 6.30. The molecule has 0 spiro atoms. The van der Waals surface area contributed by atoms with Gasteiger partial charge in [-0.2, -0.15) is 4.31 Å². The van der Waals surface area contributed by atoms with Crippen molar-refractivity contribution in [2.45, 2.75) is 30.9 Å². The van der Waals surface area contributed by atoms with E-state index in [0.29, 0.717) is 50.9 Å². The zero-order valence-electron chi connectivity index (χ0n) is 14.0. The molecule has 3 rings (SSSR count). The molecule has 24 heavy (non-hydrogen) atoms. The van der Waals surface area contributed by atoms with Crippen molar-refractivity contribution in [3.63, 3.8) is 0 Å². The second kappa shape index (κ2) is 6.87. The number of aliphatic hydroxyl groups is 1. The number of rotatable bonds is 4. The summed E-state index contributed by atoms with van der Waals surface area (Å²) in [5, 5.41) is 9.51. The quantitative estimate of drug-likeness (QED) is 0.848. The first-order chi connectivity index (χ1) is 11.4. The number of ether oxygens (including phenoxy) is 2. The van der Waals surface area contributed by atoms with E-state index in [9.17, 15) is 13.5 Å². The van der Waals surface area contributed by atoms with Crippen LogP contribution < -0.4 is 9.47 Å². The first kappa shape index (κ1) is 17.5. The van der Waals surface area contributed by atoms with Gasteiger partial charge in [0, 0.05) is 38.3 Å². The molecule has 8 heteroatoms. The molecule has 0 radical (unpaired) electrons. The molecule has 1 aromatic rings. The van der Waals surface area contributed by atoms with Gasteiger partial charge in [0.25, 0.3) is 0 Å². The highest BCUT2D eigenvalue weighted by Crippen LogP contribution is 2.33. The lowest BCUT2D eigenvalue weighted by Crippen LogP contribution is -2.54. The molecule has 0 aromatic heterocycles. The minimum atomic E-state index is -3.59. The fraction of sp³-hybridized carbons (Fsp3) is 0.625. The fourth-order valence-electron chi connectivity index (χ4n) is 3.23. The van der Waals surface area contributed by atoms with Crippen LogP contribution in [-0.4, -0.2) is 74.3 Å². The average Bonchev–Trinajstić information content (AvgIpc) is 2.53. The van der Waals surface area contributed by atoms with Gasteiger partial charge < -0.3 is 14.6 Å². The Balaban J connectivity index is 1.78. The summed E-state index contributed by atoms with van der Waals surface area (Å²) in [7, 11) is -3.59. The Bertz CT molecular complexity index is 692. The number of aliphatic hydroxyl groups excluding tert-OH is 1. The van der Waals surface area contributed by atoms with Crippen molar-refractivity contribution < 1.29 is 23.0 Å². The summed E-state index contributed by atoms with van der Waals surface area (Å²) in [4.78, 5) is 2.31. The molecule has 1 aromatic carbocycles. The molecule has 2 aliphatic heterocycles. The molecular formula is C16H24N2O5S. The predicted molar refractivity (Wildman–Crippen MR) is 88.9 cm³/mol. The molecule has 134 valence electrons. The molecule has 1 fully saturated rings. The summed E-state index contributed by atoms with van der Waals surface area (Å²) in [6.45, 7) is 6.71. The Morgan fingerprint density at radius 1 is 1.25 bits per heavy atom. The van der Waals surface area contributed by atoms with Crippen LogP contribution in [-0.2, 0) is 10.0 Å². The standard InChI is InChI=1S/C16H24N2O5S/c1-12-10-17(11-13(2)19)5-6-18(12)24(20,21)14-3-4-15-16(9-14)23-8-7-22-15/h3-4,9,12-13,19H,5-8,10-11H2,1-2H3/t12-,13-/m1/s1. The summed E-state index contributed by atoms with van der Waals surface area (Å²) < 4.78 is 38.4. The molecule has 2 aliphatic rings. The van der Waals surface area contributed by atoms with Gasteiger partial charge in [0.2, 0.25) is 10.0 Å². The van der Waals surface area contributed by atoms with Gasteiger partial charge in [-0.05, 0) is 26.0 Å². The van der Waals surface area contributed by atoms with Crippen LogP contribution in [0.5, 0.6) is 11.5 Å². The Kier molecular flexibility index (Phi) is 5.00. The number of nitrogens with zero attached hydrogens (tertiary/aromatic N) is 2. The van der Waals surface area contributed by atoms with E-state index in [1.54, 1.807) is 25.1 Å². The third-order valence-electron chi connectivity index (χ3n) is 4.29. The van der Waals surface area contributed by atoms with E-state index in [2.05, 4.69) is 4.90 Å². The van der Waals surface area contributed by atoms with Crippen LogP contribution in [0, 0.1) is 0 Å². The molecule has 1 N–H and O–H groups in total. The van der Waals surface area contributed by atoms with Crippen molar-refractivity contribution in [1.82, 2.24) is 9.21 Å². The van der Waals surface area contributed by atoms with E-state index in [4.69, 9.17) is 9.47 Å². The van der Waals surface area contributed by atoms with Crippen LogP contribution in [0.1, 0.15) is 13.8 Å². The third kappa shape index (κ3) is 3.51. The van der Waals surface area contributed by atoms with Crippen LogP contribution in [0.4, 0.5) is 0 Å². The number of hydrogen-bond acceptors (Lipinski definition) is 6. The number of sulfonamides is 1. The van der Waals surface area contributed by atoms with Crippen molar-refractivity contribution in [1.29, 1.82) is 0 Å². The predicted octanol–water partition coefficient (Wildman–Crippen LogP) is 0.533. The molecule has 7 nitrogen and oxygen atoms in total. The number of β-amino-alcohol motifs (C(OH)–C–C–N with tert-alkyl or cyclic N) is 1. The van der Waals surface area contributed by atoms with E-state index in [1.165, 1.54) is 4.31 Å². The summed E-state index contributed by atoms with van der Waals surface area (Å²) >= 11 is 0. The van der Waals surface area contributed by atoms with Crippen molar-refractivity contribution in [2.75, 3.05) is 39.4 Å². The minimum Gasteiger partial charge on any atom is -0.486 e. The molecule has 0 unspecified atom stereocenters. The number of piperazine rings is 1. The van der Waals surface area contributed by atoms with Gasteiger partial charge >= 0.3 is 0 Å². The van der Waals surface area contributed by atoms with E-state index < -0.39 is 16.1 Å². The van der Waals surface area contributed by atoms with E-state index in [1.807, 2.05) is 6.92 Å². The van der Waals surface area contributed by atoms with Crippen LogP contribution in [0.3, 0.4) is 0 Å². The van der Waals surface area contributed by atoms with Gasteiger partial charge in [0.05, 0.1) is 11.0 Å².